The van der Waals surface area contributed by atoms with Crippen LogP contribution in [0.4, 0.5) is 0 Å². The third kappa shape index (κ3) is 4.28. The Hall–Kier alpha value is -0.910. The van der Waals surface area contributed by atoms with E-state index >= 15 is 0 Å². The third-order valence-corrected chi connectivity index (χ3v) is 4.88. The smallest absolute Gasteiger partial charge is 0.327 e. The van der Waals surface area contributed by atoms with E-state index < -0.39 is 5.97 Å². The quantitative estimate of drug-likeness (QED) is 0.779. The summed E-state index contributed by atoms with van der Waals surface area (Å²) in [5.74, 6) is -0.226. The molecule has 3 rings (SSSR count). The molecular formula is C16H26O5. The molecule has 0 aromatic rings. The molecule has 2 bridgehead atoms. The van der Waals surface area contributed by atoms with Gasteiger partial charge in [-0.05, 0) is 50.9 Å². The summed E-state index contributed by atoms with van der Waals surface area (Å²) in [7, 11) is 0. The summed E-state index contributed by atoms with van der Waals surface area (Å²) in [5.41, 5.74) is 0.0749. The SMILES string of the molecule is C=CC(=O)O.OC1CC2CCC1(COC1CCCCO1)C2. The van der Waals surface area contributed by atoms with Crippen molar-refractivity contribution in [1.29, 1.82) is 0 Å². The van der Waals surface area contributed by atoms with Crippen molar-refractivity contribution < 1.29 is 24.5 Å². The van der Waals surface area contributed by atoms with Crippen LogP contribution >= 0.6 is 0 Å². The van der Waals surface area contributed by atoms with Gasteiger partial charge in [-0.2, -0.15) is 0 Å². The number of aliphatic hydroxyl groups is 1. The van der Waals surface area contributed by atoms with Gasteiger partial charge in [0.15, 0.2) is 6.29 Å². The summed E-state index contributed by atoms with van der Waals surface area (Å²) >= 11 is 0. The molecule has 21 heavy (non-hydrogen) atoms. The van der Waals surface area contributed by atoms with Crippen molar-refractivity contribution in [2.75, 3.05) is 13.2 Å². The van der Waals surface area contributed by atoms with Crippen LogP contribution in [0.25, 0.3) is 0 Å². The first-order chi connectivity index (χ1) is 10.1. The van der Waals surface area contributed by atoms with Crippen molar-refractivity contribution in [3.8, 4) is 0 Å². The topological polar surface area (TPSA) is 76.0 Å². The Balaban J connectivity index is 0.000000282. The minimum Gasteiger partial charge on any atom is -0.478 e. The lowest BCUT2D eigenvalue weighted by Crippen LogP contribution is -2.37. The molecule has 0 aromatic carbocycles. The number of carbonyl (C=O) groups is 1. The van der Waals surface area contributed by atoms with Crippen LogP contribution in [-0.2, 0) is 14.3 Å². The van der Waals surface area contributed by atoms with Gasteiger partial charge in [0.25, 0.3) is 0 Å². The molecule has 5 nitrogen and oxygen atoms in total. The molecule has 0 spiro atoms. The Morgan fingerprint density at radius 2 is 2.19 bits per heavy atom. The lowest BCUT2D eigenvalue weighted by Gasteiger charge is -2.33. The van der Waals surface area contributed by atoms with E-state index in [0.29, 0.717) is 6.61 Å². The zero-order chi connectivity index (χ0) is 15.3. The monoisotopic (exact) mass is 298 g/mol. The fourth-order valence-electron chi connectivity index (χ4n) is 3.67. The second-order valence-corrected chi connectivity index (χ2v) is 6.37. The van der Waals surface area contributed by atoms with Gasteiger partial charge in [-0.15, -0.1) is 0 Å². The Morgan fingerprint density at radius 1 is 1.43 bits per heavy atom. The van der Waals surface area contributed by atoms with Gasteiger partial charge in [0.2, 0.25) is 0 Å². The predicted molar refractivity (Wildman–Crippen MR) is 77.8 cm³/mol. The Morgan fingerprint density at radius 3 is 2.67 bits per heavy atom. The van der Waals surface area contributed by atoms with Crippen LogP contribution in [-0.4, -0.2) is 41.8 Å². The van der Waals surface area contributed by atoms with E-state index in [4.69, 9.17) is 14.6 Å². The number of ether oxygens (including phenoxy) is 2. The van der Waals surface area contributed by atoms with E-state index in [9.17, 15) is 9.90 Å². The molecule has 0 aromatic heterocycles. The number of carboxylic acids is 1. The summed E-state index contributed by atoms with van der Waals surface area (Å²) in [6, 6.07) is 0. The lowest BCUT2D eigenvalue weighted by molar-refractivity contribution is -0.186. The van der Waals surface area contributed by atoms with Crippen LogP contribution < -0.4 is 0 Å². The summed E-state index contributed by atoms with van der Waals surface area (Å²) in [6.07, 6.45) is 8.69. The van der Waals surface area contributed by atoms with E-state index in [1.807, 2.05) is 0 Å². The highest BCUT2D eigenvalue weighted by molar-refractivity contribution is 5.78. The van der Waals surface area contributed by atoms with Gasteiger partial charge in [-0.1, -0.05) is 6.58 Å². The van der Waals surface area contributed by atoms with Gasteiger partial charge in [0.05, 0.1) is 12.7 Å². The molecule has 5 heteroatoms. The maximum absolute atomic E-state index is 10.1. The molecule has 4 unspecified atom stereocenters. The van der Waals surface area contributed by atoms with Crippen molar-refractivity contribution in [1.82, 2.24) is 0 Å². The van der Waals surface area contributed by atoms with Gasteiger partial charge in [-0.3, -0.25) is 0 Å². The Kier molecular flexibility index (Phi) is 5.79. The number of rotatable bonds is 4. The number of carboxylic acid groups (broad SMARTS) is 1. The highest BCUT2D eigenvalue weighted by atomic mass is 16.7. The molecular weight excluding hydrogens is 272 g/mol. The fourth-order valence-corrected chi connectivity index (χ4v) is 3.67. The van der Waals surface area contributed by atoms with Crippen LogP contribution in [0.15, 0.2) is 12.7 Å². The van der Waals surface area contributed by atoms with E-state index in [-0.39, 0.29) is 17.8 Å². The van der Waals surface area contributed by atoms with E-state index in [2.05, 4.69) is 6.58 Å². The van der Waals surface area contributed by atoms with Crippen molar-refractivity contribution in [2.45, 2.75) is 57.3 Å². The zero-order valence-corrected chi connectivity index (χ0v) is 12.5. The predicted octanol–water partition coefficient (Wildman–Crippen LogP) is 2.34. The van der Waals surface area contributed by atoms with E-state index in [0.717, 1.165) is 44.3 Å². The van der Waals surface area contributed by atoms with Gasteiger partial charge in [0, 0.05) is 18.1 Å². The second kappa shape index (κ2) is 7.38. The van der Waals surface area contributed by atoms with E-state index in [1.165, 1.54) is 19.3 Å². The first-order valence-electron chi connectivity index (χ1n) is 7.82. The molecule has 120 valence electrons. The molecule has 1 aliphatic heterocycles. The maximum Gasteiger partial charge on any atom is 0.327 e. The number of aliphatic carboxylic acids is 1. The summed E-state index contributed by atoms with van der Waals surface area (Å²) in [4.78, 5) is 9.25. The fraction of sp³-hybridized carbons (Fsp3) is 0.812. The zero-order valence-electron chi connectivity index (χ0n) is 12.5. The molecule has 2 aliphatic carbocycles. The van der Waals surface area contributed by atoms with Crippen LogP contribution in [0.5, 0.6) is 0 Å². The second-order valence-electron chi connectivity index (χ2n) is 6.37. The van der Waals surface area contributed by atoms with Gasteiger partial charge in [-0.25, -0.2) is 4.79 Å². The summed E-state index contributed by atoms with van der Waals surface area (Å²) in [5, 5.41) is 17.7. The first-order valence-corrected chi connectivity index (χ1v) is 7.82. The number of hydrogen-bond acceptors (Lipinski definition) is 4. The standard InChI is InChI=1S/C13H22O3.C3H4O2/c14-11-7-10-4-5-13(11,8-10)9-16-12-3-1-2-6-15-12;1-2-3(4)5/h10-12,14H,1-9H2;2H,1H2,(H,4,5). The minimum atomic E-state index is -0.981. The maximum atomic E-state index is 10.1. The molecule has 2 saturated carbocycles. The largest absolute Gasteiger partial charge is 0.478 e. The van der Waals surface area contributed by atoms with Crippen LogP contribution in [0.3, 0.4) is 0 Å². The molecule has 2 N–H and O–H groups in total. The summed E-state index contributed by atoms with van der Waals surface area (Å²) in [6.45, 7) is 4.50. The average molecular weight is 298 g/mol. The van der Waals surface area contributed by atoms with Crippen LogP contribution in [0, 0.1) is 11.3 Å². The van der Waals surface area contributed by atoms with Crippen molar-refractivity contribution in [3.63, 3.8) is 0 Å². The van der Waals surface area contributed by atoms with Crippen molar-refractivity contribution in [2.24, 2.45) is 11.3 Å². The van der Waals surface area contributed by atoms with Crippen LogP contribution in [0.2, 0.25) is 0 Å². The van der Waals surface area contributed by atoms with E-state index in [1.54, 1.807) is 0 Å². The first kappa shape index (κ1) is 16.5. The third-order valence-electron chi connectivity index (χ3n) is 4.88. The molecule has 4 atom stereocenters. The summed E-state index contributed by atoms with van der Waals surface area (Å²) < 4.78 is 11.4. The van der Waals surface area contributed by atoms with Gasteiger partial charge in [0.1, 0.15) is 0 Å². The van der Waals surface area contributed by atoms with Gasteiger partial charge < -0.3 is 19.7 Å². The molecule has 3 fully saturated rings. The van der Waals surface area contributed by atoms with Crippen molar-refractivity contribution in [3.05, 3.63) is 12.7 Å². The number of fused-ring (bicyclic) bond motifs is 2. The highest BCUT2D eigenvalue weighted by Crippen LogP contribution is 2.54. The Bertz CT molecular complexity index is 364. The van der Waals surface area contributed by atoms with Crippen molar-refractivity contribution >= 4 is 5.97 Å². The molecule has 0 amide bonds. The van der Waals surface area contributed by atoms with Gasteiger partial charge >= 0.3 is 5.97 Å². The molecule has 1 saturated heterocycles. The minimum absolute atomic E-state index is 0.00465. The number of aliphatic hydroxyl groups excluding tert-OH is 1. The molecule has 0 radical (unpaired) electrons. The molecule has 1 heterocycles. The van der Waals surface area contributed by atoms with Crippen LogP contribution in [0.1, 0.15) is 44.9 Å². The normalized spacial score (nSPS) is 37.7. The highest BCUT2D eigenvalue weighted by Gasteiger charge is 2.51. The lowest BCUT2D eigenvalue weighted by atomic mass is 9.82. The average Bonchev–Trinajstić information content (AvgIpc) is 3.04. The number of hydrogen-bond donors (Lipinski definition) is 2. The Labute approximate surface area is 125 Å². The molecule has 3 aliphatic rings.